The van der Waals surface area contributed by atoms with Crippen molar-refractivity contribution >= 4 is 21.6 Å². The average Bonchev–Trinajstić information content (AvgIpc) is 2.11. The van der Waals surface area contributed by atoms with Gasteiger partial charge in [-0.25, -0.2) is 8.42 Å². The number of fused-ring (bicyclic) bond motifs is 1. The summed E-state index contributed by atoms with van der Waals surface area (Å²) in [6.45, 7) is 0. The molecular weight excluding hydrogens is 144 g/mol. The van der Waals surface area contributed by atoms with Gasteiger partial charge in [0.15, 0.2) is 9.84 Å². The zero-order valence-electron chi connectivity index (χ0n) is 4.20. The van der Waals surface area contributed by atoms with Gasteiger partial charge in [0.05, 0.1) is 11.5 Å². The Labute approximate surface area is 52.6 Å². The lowest BCUT2D eigenvalue weighted by molar-refractivity contribution is 0.602. The average molecular weight is 150 g/mol. The van der Waals surface area contributed by atoms with Crippen LogP contribution in [0.2, 0.25) is 0 Å². The van der Waals surface area contributed by atoms with Crippen LogP contribution in [0.1, 0.15) is 0 Å². The monoisotopic (exact) mass is 150 g/mol. The van der Waals surface area contributed by atoms with Crippen molar-refractivity contribution in [1.82, 2.24) is 0 Å². The summed E-state index contributed by atoms with van der Waals surface area (Å²) >= 11 is 1.80. The van der Waals surface area contributed by atoms with E-state index >= 15 is 0 Å². The van der Waals surface area contributed by atoms with Crippen LogP contribution in [-0.2, 0) is 9.84 Å². The van der Waals surface area contributed by atoms with Crippen LogP contribution in [0.4, 0.5) is 0 Å². The quantitative estimate of drug-likeness (QED) is 0.452. The maximum atomic E-state index is 10.7. The van der Waals surface area contributed by atoms with Gasteiger partial charge in [-0.2, -0.15) is 11.8 Å². The van der Waals surface area contributed by atoms with Crippen LogP contribution < -0.4 is 0 Å². The number of rotatable bonds is 0. The maximum absolute atomic E-state index is 10.7. The van der Waals surface area contributed by atoms with Gasteiger partial charge in [0, 0.05) is 10.5 Å². The molecule has 0 radical (unpaired) electrons. The molecule has 2 aliphatic heterocycles. The van der Waals surface area contributed by atoms with Crippen LogP contribution in [0.25, 0.3) is 0 Å². The van der Waals surface area contributed by atoms with Crippen LogP contribution in [0, 0.1) is 0 Å². The Morgan fingerprint density at radius 2 is 1.75 bits per heavy atom. The summed E-state index contributed by atoms with van der Waals surface area (Å²) in [4.78, 5) is 0. The van der Waals surface area contributed by atoms with Crippen LogP contribution in [0.3, 0.4) is 0 Å². The van der Waals surface area contributed by atoms with Gasteiger partial charge in [0.25, 0.3) is 0 Å². The van der Waals surface area contributed by atoms with Crippen molar-refractivity contribution in [1.29, 1.82) is 0 Å². The van der Waals surface area contributed by atoms with E-state index < -0.39 is 9.84 Å². The maximum Gasteiger partial charge on any atom is 0.152 e. The van der Waals surface area contributed by atoms with Crippen molar-refractivity contribution in [3.05, 3.63) is 0 Å². The van der Waals surface area contributed by atoms with E-state index in [1.165, 1.54) is 0 Å². The first-order chi connectivity index (χ1) is 3.67. The van der Waals surface area contributed by atoms with Crippen molar-refractivity contribution in [3.8, 4) is 0 Å². The van der Waals surface area contributed by atoms with E-state index in [0.29, 0.717) is 22.0 Å². The summed E-state index contributed by atoms with van der Waals surface area (Å²) in [5, 5.41) is 0.972. The molecule has 0 bridgehead atoms. The second-order valence-corrected chi connectivity index (χ2v) is 5.93. The first-order valence-electron chi connectivity index (χ1n) is 2.53. The fourth-order valence-electron chi connectivity index (χ4n) is 1.04. The highest BCUT2D eigenvalue weighted by Crippen LogP contribution is 2.47. The molecule has 0 aromatic carbocycles. The lowest BCUT2D eigenvalue weighted by atomic mass is 10.4. The normalized spacial score (nSPS) is 48.5. The molecule has 0 saturated carbocycles. The molecule has 2 saturated heterocycles. The van der Waals surface area contributed by atoms with E-state index in [4.69, 9.17) is 0 Å². The van der Waals surface area contributed by atoms with Gasteiger partial charge in [-0.15, -0.1) is 0 Å². The third-order valence-electron chi connectivity index (χ3n) is 1.52. The zero-order chi connectivity index (χ0) is 5.78. The molecule has 2 nitrogen and oxygen atoms in total. The number of sulfone groups is 1. The van der Waals surface area contributed by atoms with Gasteiger partial charge < -0.3 is 0 Å². The Balaban J connectivity index is 2.30. The number of hydrogen-bond acceptors (Lipinski definition) is 3. The standard InChI is InChI=1S/C4H6O2S2/c5-8(6)1-3-4(2-8)7-3/h3-4H,1-2H2/t3-,4+. The third kappa shape index (κ3) is 0.666. The van der Waals surface area contributed by atoms with E-state index in [-0.39, 0.29) is 0 Å². The molecule has 0 unspecified atom stereocenters. The summed E-state index contributed by atoms with van der Waals surface area (Å²) in [6, 6.07) is 0. The molecule has 2 heterocycles. The van der Waals surface area contributed by atoms with E-state index in [2.05, 4.69) is 0 Å². The van der Waals surface area contributed by atoms with Gasteiger partial charge in [-0.1, -0.05) is 0 Å². The van der Waals surface area contributed by atoms with Gasteiger partial charge in [0.1, 0.15) is 0 Å². The van der Waals surface area contributed by atoms with Crippen molar-refractivity contribution in [2.24, 2.45) is 0 Å². The second kappa shape index (κ2) is 1.24. The Morgan fingerprint density at radius 3 is 2.00 bits per heavy atom. The topological polar surface area (TPSA) is 34.1 Å². The molecule has 0 N–H and O–H groups in total. The first kappa shape index (κ1) is 5.11. The Hall–Kier alpha value is 0.300. The highest BCUT2D eigenvalue weighted by molar-refractivity contribution is 8.11. The number of hydrogen-bond donors (Lipinski definition) is 0. The minimum absolute atomic E-state index is 0.447. The van der Waals surface area contributed by atoms with Gasteiger partial charge in [-0.3, -0.25) is 0 Å². The molecule has 2 aliphatic rings. The van der Waals surface area contributed by atoms with Crippen molar-refractivity contribution in [2.45, 2.75) is 10.5 Å². The van der Waals surface area contributed by atoms with E-state index in [1.54, 1.807) is 11.8 Å². The summed E-state index contributed by atoms with van der Waals surface area (Å²) in [5.74, 6) is 0.894. The molecule has 0 spiro atoms. The highest BCUT2D eigenvalue weighted by atomic mass is 32.2. The fraction of sp³-hybridized carbons (Fsp3) is 1.00. The molecule has 0 aliphatic carbocycles. The molecule has 0 aromatic rings. The van der Waals surface area contributed by atoms with Crippen molar-refractivity contribution < 1.29 is 8.42 Å². The second-order valence-electron chi connectivity index (χ2n) is 2.29. The highest BCUT2D eigenvalue weighted by Gasteiger charge is 2.50. The van der Waals surface area contributed by atoms with E-state index in [1.807, 2.05) is 0 Å². The fourth-order valence-corrected chi connectivity index (χ4v) is 5.31. The van der Waals surface area contributed by atoms with E-state index in [9.17, 15) is 8.42 Å². The minimum atomic E-state index is -2.57. The molecule has 8 heavy (non-hydrogen) atoms. The zero-order valence-corrected chi connectivity index (χ0v) is 5.83. The van der Waals surface area contributed by atoms with Gasteiger partial charge >= 0.3 is 0 Å². The van der Waals surface area contributed by atoms with Gasteiger partial charge in [-0.05, 0) is 0 Å². The lowest BCUT2D eigenvalue weighted by Crippen LogP contribution is -2.05. The predicted octanol–water partition coefficient (Wildman–Crippen LogP) is -0.101. The smallest absolute Gasteiger partial charge is 0.152 e. The molecule has 2 rings (SSSR count). The SMILES string of the molecule is O=S1(=O)C[C@@H]2S[C@@H]2C1. The molecule has 0 aromatic heterocycles. The lowest BCUT2D eigenvalue weighted by Gasteiger charge is -1.89. The van der Waals surface area contributed by atoms with Crippen molar-refractivity contribution in [3.63, 3.8) is 0 Å². The molecule has 4 heteroatoms. The molecule has 2 fully saturated rings. The van der Waals surface area contributed by atoms with Crippen LogP contribution in [0.5, 0.6) is 0 Å². The third-order valence-corrected chi connectivity index (χ3v) is 5.06. The predicted molar refractivity (Wildman–Crippen MR) is 33.8 cm³/mol. The Morgan fingerprint density at radius 1 is 1.25 bits per heavy atom. The first-order valence-corrected chi connectivity index (χ1v) is 5.30. The van der Waals surface area contributed by atoms with Crippen LogP contribution in [0.15, 0.2) is 0 Å². The van der Waals surface area contributed by atoms with Crippen LogP contribution in [-0.4, -0.2) is 30.4 Å². The molecule has 2 atom stereocenters. The summed E-state index contributed by atoms with van der Waals surface area (Å²) in [7, 11) is -2.57. The van der Waals surface area contributed by atoms with Gasteiger partial charge in [0.2, 0.25) is 0 Å². The Kier molecular flexibility index (Phi) is 0.791. The molecular formula is C4H6O2S2. The summed E-state index contributed by atoms with van der Waals surface area (Å²) < 4.78 is 21.3. The summed E-state index contributed by atoms with van der Waals surface area (Å²) in [6.07, 6.45) is 0. The minimum Gasteiger partial charge on any atom is -0.229 e. The largest absolute Gasteiger partial charge is 0.229 e. The molecule has 0 amide bonds. The molecule has 46 valence electrons. The summed E-state index contributed by atoms with van der Waals surface area (Å²) in [5.41, 5.74) is 0. The van der Waals surface area contributed by atoms with Crippen molar-refractivity contribution in [2.75, 3.05) is 11.5 Å². The van der Waals surface area contributed by atoms with Crippen LogP contribution >= 0.6 is 11.8 Å². The Bertz CT molecular complexity index is 190. The number of thioether (sulfide) groups is 1. The van der Waals surface area contributed by atoms with E-state index in [0.717, 1.165) is 0 Å².